The zero-order chi connectivity index (χ0) is 13.9. The standard InChI is InChI=1S/C16H18BrNOS/c1-19-12-6-5-11-3-2-4-15(14(11)9-12)18-10-13-7-8-16(17)20-13/h5-9,15,18H,2-4,10H2,1H3. The molecule has 1 N–H and O–H groups in total. The van der Waals surface area contributed by atoms with Gasteiger partial charge in [0.1, 0.15) is 5.75 Å². The predicted molar refractivity (Wildman–Crippen MR) is 87.5 cm³/mol. The number of fused-ring (bicyclic) bond motifs is 1. The van der Waals surface area contributed by atoms with Gasteiger partial charge in [-0.25, -0.2) is 0 Å². The first kappa shape index (κ1) is 14.1. The maximum Gasteiger partial charge on any atom is 0.119 e. The molecule has 1 aliphatic rings. The van der Waals surface area contributed by atoms with E-state index in [1.165, 1.54) is 39.1 Å². The van der Waals surface area contributed by atoms with Crippen molar-refractivity contribution >= 4 is 27.3 Å². The molecule has 0 saturated carbocycles. The first-order valence-electron chi connectivity index (χ1n) is 6.90. The van der Waals surface area contributed by atoms with E-state index in [1.807, 2.05) is 0 Å². The molecule has 0 saturated heterocycles. The Labute approximate surface area is 132 Å². The van der Waals surface area contributed by atoms with Crippen LogP contribution in [0.5, 0.6) is 5.75 Å². The highest BCUT2D eigenvalue weighted by molar-refractivity contribution is 9.11. The van der Waals surface area contributed by atoms with Crippen molar-refractivity contribution in [3.63, 3.8) is 0 Å². The van der Waals surface area contributed by atoms with Crippen LogP contribution >= 0.6 is 27.3 Å². The van der Waals surface area contributed by atoms with Gasteiger partial charge in [-0.05, 0) is 70.6 Å². The average molecular weight is 352 g/mol. The minimum absolute atomic E-state index is 0.440. The number of hydrogen-bond acceptors (Lipinski definition) is 3. The molecule has 1 aromatic carbocycles. The summed E-state index contributed by atoms with van der Waals surface area (Å²) in [5.41, 5.74) is 2.87. The number of rotatable bonds is 4. The summed E-state index contributed by atoms with van der Waals surface area (Å²) >= 11 is 5.31. The van der Waals surface area contributed by atoms with E-state index in [0.717, 1.165) is 12.3 Å². The molecule has 106 valence electrons. The fourth-order valence-electron chi connectivity index (χ4n) is 2.79. The molecular weight excluding hydrogens is 334 g/mol. The van der Waals surface area contributed by atoms with E-state index >= 15 is 0 Å². The van der Waals surface area contributed by atoms with Crippen molar-refractivity contribution in [1.29, 1.82) is 0 Å². The number of methoxy groups -OCH3 is 1. The number of aryl methyl sites for hydroxylation is 1. The van der Waals surface area contributed by atoms with Gasteiger partial charge in [0, 0.05) is 17.5 Å². The molecule has 2 nitrogen and oxygen atoms in total. The third-order valence-electron chi connectivity index (χ3n) is 3.82. The Bertz CT molecular complexity index is 596. The van der Waals surface area contributed by atoms with Gasteiger partial charge in [-0.1, -0.05) is 6.07 Å². The lowest BCUT2D eigenvalue weighted by Gasteiger charge is -2.27. The van der Waals surface area contributed by atoms with E-state index in [0.29, 0.717) is 6.04 Å². The van der Waals surface area contributed by atoms with E-state index in [1.54, 1.807) is 18.4 Å². The fraction of sp³-hybridized carbons (Fsp3) is 0.375. The Morgan fingerprint density at radius 3 is 3.00 bits per heavy atom. The lowest BCUT2D eigenvalue weighted by molar-refractivity contribution is 0.408. The fourth-order valence-corrected chi connectivity index (χ4v) is 4.22. The topological polar surface area (TPSA) is 21.3 Å². The van der Waals surface area contributed by atoms with Gasteiger partial charge in [0.2, 0.25) is 0 Å². The second kappa shape index (κ2) is 6.29. The second-order valence-electron chi connectivity index (χ2n) is 5.10. The molecule has 0 aliphatic heterocycles. The normalized spacial score (nSPS) is 17.8. The van der Waals surface area contributed by atoms with Crippen molar-refractivity contribution in [1.82, 2.24) is 5.32 Å². The van der Waals surface area contributed by atoms with Gasteiger partial charge in [0.25, 0.3) is 0 Å². The van der Waals surface area contributed by atoms with Crippen molar-refractivity contribution < 1.29 is 4.74 Å². The molecule has 1 heterocycles. The minimum Gasteiger partial charge on any atom is -0.497 e. The SMILES string of the molecule is COc1ccc2c(c1)C(NCc1ccc(Br)s1)CCC2. The molecule has 1 aromatic heterocycles. The van der Waals surface area contributed by atoms with Gasteiger partial charge in [-0.2, -0.15) is 0 Å². The van der Waals surface area contributed by atoms with Crippen molar-refractivity contribution in [3.05, 3.63) is 50.1 Å². The molecule has 1 aliphatic carbocycles. The number of nitrogens with one attached hydrogen (secondary N) is 1. The summed E-state index contributed by atoms with van der Waals surface area (Å²) in [6.45, 7) is 0.928. The molecule has 0 fully saturated rings. The lowest BCUT2D eigenvalue weighted by atomic mass is 9.87. The highest BCUT2D eigenvalue weighted by Gasteiger charge is 2.20. The minimum atomic E-state index is 0.440. The first-order valence-corrected chi connectivity index (χ1v) is 8.51. The van der Waals surface area contributed by atoms with Crippen LogP contribution in [0.3, 0.4) is 0 Å². The number of halogens is 1. The summed E-state index contributed by atoms with van der Waals surface area (Å²) in [7, 11) is 1.73. The quantitative estimate of drug-likeness (QED) is 0.862. The zero-order valence-corrected chi connectivity index (χ0v) is 13.9. The molecule has 1 atom stereocenters. The zero-order valence-electron chi connectivity index (χ0n) is 11.5. The van der Waals surface area contributed by atoms with Crippen LogP contribution in [0.15, 0.2) is 34.1 Å². The van der Waals surface area contributed by atoms with Gasteiger partial charge in [-0.15, -0.1) is 11.3 Å². The molecule has 3 rings (SSSR count). The molecule has 1 unspecified atom stereocenters. The van der Waals surface area contributed by atoms with Crippen LogP contribution in [0.25, 0.3) is 0 Å². The molecule has 2 aromatic rings. The number of thiophene rings is 1. The molecule has 20 heavy (non-hydrogen) atoms. The maximum absolute atomic E-state index is 5.36. The van der Waals surface area contributed by atoms with Gasteiger partial charge < -0.3 is 10.1 Å². The largest absolute Gasteiger partial charge is 0.497 e. The summed E-state index contributed by atoms with van der Waals surface area (Å²) in [6, 6.07) is 11.2. The van der Waals surface area contributed by atoms with E-state index < -0.39 is 0 Å². The Morgan fingerprint density at radius 2 is 2.25 bits per heavy atom. The van der Waals surface area contributed by atoms with E-state index in [-0.39, 0.29) is 0 Å². The molecule has 0 amide bonds. The summed E-state index contributed by atoms with van der Waals surface area (Å²) in [6.07, 6.45) is 3.64. The van der Waals surface area contributed by atoms with E-state index in [4.69, 9.17) is 4.74 Å². The highest BCUT2D eigenvalue weighted by Crippen LogP contribution is 2.33. The van der Waals surface area contributed by atoms with Crippen molar-refractivity contribution in [2.24, 2.45) is 0 Å². The van der Waals surface area contributed by atoms with Crippen LogP contribution in [-0.4, -0.2) is 7.11 Å². The Kier molecular flexibility index (Phi) is 4.44. The van der Waals surface area contributed by atoms with Crippen molar-refractivity contribution in [2.45, 2.75) is 31.8 Å². The second-order valence-corrected chi connectivity index (χ2v) is 7.64. The van der Waals surface area contributed by atoms with Crippen LogP contribution in [0.2, 0.25) is 0 Å². The number of benzene rings is 1. The first-order chi connectivity index (χ1) is 9.76. The Balaban J connectivity index is 1.75. The molecule has 0 radical (unpaired) electrons. The molecular formula is C16H18BrNOS. The van der Waals surface area contributed by atoms with E-state index in [9.17, 15) is 0 Å². The summed E-state index contributed by atoms with van der Waals surface area (Å²) in [4.78, 5) is 1.37. The summed E-state index contributed by atoms with van der Waals surface area (Å²) in [5, 5.41) is 3.69. The Morgan fingerprint density at radius 1 is 1.35 bits per heavy atom. The number of ether oxygens (including phenoxy) is 1. The van der Waals surface area contributed by atoms with Gasteiger partial charge in [0.15, 0.2) is 0 Å². The molecule has 0 bridgehead atoms. The van der Waals surface area contributed by atoms with E-state index in [2.05, 4.69) is 51.6 Å². The average Bonchev–Trinajstić information content (AvgIpc) is 2.90. The smallest absolute Gasteiger partial charge is 0.119 e. The van der Waals surface area contributed by atoms with Crippen LogP contribution in [0, 0.1) is 0 Å². The van der Waals surface area contributed by atoms with Crippen LogP contribution in [-0.2, 0) is 13.0 Å². The Hall–Kier alpha value is -0.840. The monoisotopic (exact) mass is 351 g/mol. The van der Waals surface area contributed by atoms with Gasteiger partial charge in [0.05, 0.1) is 10.9 Å². The van der Waals surface area contributed by atoms with Crippen LogP contribution in [0.1, 0.15) is 34.9 Å². The molecule has 4 heteroatoms. The molecule has 0 spiro atoms. The number of hydrogen-bond donors (Lipinski definition) is 1. The third-order valence-corrected chi connectivity index (χ3v) is 5.44. The maximum atomic E-state index is 5.36. The summed E-state index contributed by atoms with van der Waals surface area (Å²) < 4.78 is 6.56. The van der Waals surface area contributed by atoms with Crippen LogP contribution in [0.4, 0.5) is 0 Å². The van der Waals surface area contributed by atoms with Crippen molar-refractivity contribution in [3.8, 4) is 5.75 Å². The van der Waals surface area contributed by atoms with Gasteiger partial charge in [-0.3, -0.25) is 0 Å². The predicted octanol–water partition coefficient (Wildman–Crippen LogP) is 4.69. The van der Waals surface area contributed by atoms with Crippen molar-refractivity contribution in [2.75, 3.05) is 7.11 Å². The van der Waals surface area contributed by atoms with Crippen LogP contribution < -0.4 is 10.1 Å². The third kappa shape index (κ3) is 3.08. The van der Waals surface area contributed by atoms with Gasteiger partial charge >= 0.3 is 0 Å². The summed E-state index contributed by atoms with van der Waals surface area (Å²) in [5.74, 6) is 0.955. The lowest BCUT2D eigenvalue weighted by Crippen LogP contribution is -2.24. The highest BCUT2D eigenvalue weighted by atomic mass is 79.9.